The number of fused-ring (bicyclic) bond motifs is 1. The van der Waals surface area contributed by atoms with E-state index in [1.54, 1.807) is 28.0 Å². The number of carbonyl (C=O) groups excluding carboxylic acids is 1. The van der Waals surface area contributed by atoms with Gasteiger partial charge in [0.05, 0.1) is 18.1 Å². The molecule has 0 saturated heterocycles. The lowest BCUT2D eigenvalue weighted by Gasteiger charge is -2.15. The second kappa shape index (κ2) is 7.86. The van der Waals surface area contributed by atoms with E-state index in [0.29, 0.717) is 11.3 Å². The number of thiophene rings is 1. The molecule has 1 aromatic carbocycles. The highest BCUT2D eigenvalue weighted by molar-refractivity contribution is 7.98. The molecule has 0 amide bonds. The minimum Gasteiger partial charge on any atom is -0.465 e. The number of thioether (sulfide) groups is 1. The number of esters is 1. The molecule has 142 valence electrons. The van der Waals surface area contributed by atoms with Crippen molar-refractivity contribution in [1.82, 2.24) is 9.55 Å². The largest absolute Gasteiger partial charge is 0.465 e. The molecule has 0 bridgehead atoms. The Morgan fingerprint density at radius 2 is 1.93 bits per heavy atom. The fourth-order valence-corrected chi connectivity index (χ4v) is 5.00. The van der Waals surface area contributed by atoms with Crippen molar-refractivity contribution in [3.05, 3.63) is 56.2 Å². The van der Waals surface area contributed by atoms with Crippen molar-refractivity contribution in [2.24, 2.45) is 0 Å². The molecule has 0 N–H and O–H groups in total. The van der Waals surface area contributed by atoms with Gasteiger partial charge in [0, 0.05) is 16.7 Å². The Bertz CT molecular complexity index is 1050. The zero-order valence-electron chi connectivity index (χ0n) is 16.0. The normalized spacial score (nSPS) is 11.3. The topological polar surface area (TPSA) is 61.2 Å². The molecular weight excluding hydrogens is 380 g/mol. The van der Waals surface area contributed by atoms with Crippen LogP contribution >= 0.6 is 23.1 Å². The zero-order chi connectivity index (χ0) is 19.7. The van der Waals surface area contributed by atoms with Crippen molar-refractivity contribution in [1.29, 1.82) is 0 Å². The first-order valence-electron chi connectivity index (χ1n) is 8.65. The summed E-state index contributed by atoms with van der Waals surface area (Å²) in [6.45, 7) is 8.01. The average Bonchev–Trinajstić information content (AvgIpc) is 2.93. The van der Waals surface area contributed by atoms with Gasteiger partial charge in [-0.05, 0) is 51.0 Å². The molecule has 0 aliphatic rings. The Hall–Kier alpha value is -2.12. The van der Waals surface area contributed by atoms with E-state index in [4.69, 9.17) is 9.72 Å². The van der Waals surface area contributed by atoms with Gasteiger partial charge in [-0.3, -0.25) is 9.36 Å². The quantitative estimate of drug-likeness (QED) is 0.351. The highest BCUT2D eigenvalue weighted by Gasteiger charge is 2.18. The third-order valence-electron chi connectivity index (χ3n) is 4.46. The maximum absolute atomic E-state index is 13.1. The summed E-state index contributed by atoms with van der Waals surface area (Å²) in [6.07, 6.45) is 0. The van der Waals surface area contributed by atoms with E-state index in [9.17, 15) is 9.59 Å². The molecule has 2 aromatic heterocycles. The van der Waals surface area contributed by atoms with Crippen LogP contribution in [0.3, 0.4) is 0 Å². The van der Waals surface area contributed by atoms with E-state index in [-0.39, 0.29) is 17.6 Å². The van der Waals surface area contributed by atoms with E-state index in [0.717, 1.165) is 31.4 Å². The summed E-state index contributed by atoms with van der Waals surface area (Å²) in [7, 11) is 1.37. The van der Waals surface area contributed by atoms with Gasteiger partial charge < -0.3 is 4.74 Å². The van der Waals surface area contributed by atoms with Crippen molar-refractivity contribution in [3.63, 3.8) is 0 Å². The first-order valence-corrected chi connectivity index (χ1v) is 10.5. The summed E-state index contributed by atoms with van der Waals surface area (Å²) < 4.78 is 6.49. The number of carbonyl (C=O) groups is 1. The average molecular weight is 403 g/mol. The maximum atomic E-state index is 13.1. The fourth-order valence-electron chi connectivity index (χ4n) is 2.85. The minimum absolute atomic E-state index is 0.0261. The number of nitrogens with zero attached hydrogens (tertiary/aromatic N) is 2. The molecule has 0 radical (unpaired) electrons. The van der Waals surface area contributed by atoms with Gasteiger partial charge in [0.1, 0.15) is 4.83 Å². The lowest BCUT2D eigenvalue weighted by atomic mass is 10.1. The van der Waals surface area contributed by atoms with Gasteiger partial charge in [-0.1, -0.05) is 23.9 Å². The summed E-state index contributed by atoms with van der Waals surface area (Å²) in [5, 5.41) is 1.46. The first-order chi connectivity index (χ1) is 12.8. The summed E-state index contributed by atoms with van der Waals surface area (Å²) in [5.74, 6) is 0.313. The summed E-state index contributed by atoms with van der Waals surface area (Å²) in [5.41, 5.74) is 2.63. The van der Waals surface area contributed by atoms with Crippen molar-refractivity contribution >= 4 is 39.3 Å². The number of rotatable bonds is 5. The molecule has 3 rings (SSSR count). The van der Waals surface area contributed by atoms with Crippen molar-refractivity contribution < 1.29 is 9.53 Å². The molecule has 7 heteroatoms. The van der Waals surface area contributed by atoms with Crippen molar-refractivity contribution in [2.75, 3.05) is 7.11 Å². The monoisotopic (exact) mass is 402 g/mol. The highest BCUT2D eigenvalue weighted by Crippen LogP contribution is 2.30. The molecule has 0 fully saturated rings. The first kappa shape index (κ1) is 19.6. The van der Waals surface area contributed by atoms with Crippen LogP contribution in [0.25, 0.3) is 10.2 Å². The molecule has 0 aliphatic carbocycles. The Balaban J connectivity index is 1.93. The number of hydrogen-bond acceptors (Lipinski definition) is 6. The fraction of sp³-hybridized carbons (Fsp3) is 0.350. The molecule has 0 saturated carbocycles. The Morgan fingerprint density at radius 3 is 2.52 bits per heavy atom. The molecule has 0 spiro atoms. The van der Waals surface area contributed by atoms with Crippen molar-refractivity contribution in [2.45, 2.75) is 44.6 Å². The summed E-state index contributed by atoms with van der Waals surface area (Å²) >= 11 is 3.10. The molecule has 2 heterocycles. The Labute approximate surface area is 166 Å². The molecule has 3 aromatic rings. The lowest BCUT2D eigenvalue weighted by Crippen LogP contribution is -2.24. The van der Waals surface area contributed by atoms with E-state index in [2.05, 4.69) is 0 Å². The van der Waals surface area contributed by atoms with E-state index < -0.39 is 0 Å². The maximum Gasteiger partial charge on any atom is 0.337 e. The predicted octanol–water partition coefficient (Wildman–Crippen LogP) is 4.73. The van der Waals surface area contributed by atoms with E-state index in [1.165, 1.54) is 18.9 Å². The molecule has 0 unspecified atom stereocenters. The van der Waals surface area contributed by atoms with Crippen LogP contribution in [0, 0.1) is 13.8 Å². The molecular formula is C20H22N2O3S2. The summed E-state index contributed by atoms with van der Waals surface area (Å²) in [4.78, 5) is 31.3. The van der Waals surface area contributed by atoms with E-state index in [1.807, 2.05) is 39.8 Å². The number of ether oxygens (including phenoxy) is 1. The minimum atomic E-state index is -0.349. The van der Waals surface area contributed by atoms with Crippen LogP contribution in [0.2, 0.25) is 0 Å². The van der Waals surface area contributed by atoms with Crippen LogP contribution in [-0.4, -0.2) is 22.6 Å². The second-order valence-electron chi connectivity index (χ2n) is 6.60. The lowest BCUT2D eigenvalue weighted by molar-refractivity contribution is 0.0600. The number of benzene rings is 1. The third kappa shape index (κ3) is 3.80. The van der Waals surface area contributed by atoms with Gasteiger partial charge >= 0.3 is 5.97 Å². The van der Waals surface area contributed by atoms with Crippen LogP contribution in [0.15, 0.2) is 34.2 Å². The molecule has 5 nitrogen and oxygen atoms in total. The number of hydrogen-bond donors (Lipinski definition) is 0. The third-order valence-corrected chi connectivity index (χ3v) is 6.59. The Morgan fingerprint density at radius 1 is 1.26 bits per heavy atom. The van der Waals surface area contributed by atoms with Gasteiger partial charge in [0.2, 0.25) is 0 Å². The van der Waals surface area contributed by atoms with Gasteiger partial charge in [0.25, 0.3) is 5.56 Å². The summed E-state index contributed by atoms with van der Waals surface area (Å²) in [6, 6.07) is 7.32. The SMILES string of the molecule is COC(=O)c1ccc(CSc2nc3sc(C)c(C)c3c(=O)n2C(C)C)cc1. The van der Waals surface area contributed by atoms with Crippen LogP contribution in [0.4, 0.5) is 0 Å². The highest BCUT2D eigenvalue weighted by atomic mass is 32.2. The number of methoxy groups -OCH3 is 1. The number of aryl methyl sites for hydroxylation is 2. The standard InChI is InChI=1S/C20H22N2O3S2/c1-11(2)22-18(23)16-12(3)13(4)27-17(16)21-20(22)26-10-14-6-8-15(9-7-14)19(24)25-5/h6-9,11H,10H2,1-5H3. The van der Waals surface area contributed by atoms with Gasteiger partial charge in [-0.15, -0.1) is 11.3 Å². The smallest absolute Gasteiger partial charge is 0.337 e. The van der Waals surface area contributed by atoms with Crippen LogP contribution in [0.5, 0.6) is 0 Å². The van der Waals surface area contributed by atoms with Crippen LogP contribution in [-0.2, 0) is 10.5 Å². The second-order valence-corrected chi connectivity index (χ2v) is 8.75. The van der Waals surface area contributed by atoms with E-state index >= 15 is 0 Å². The molecule has 27 heavy (non-hydrogen) atoms. The van der Waals surface area contributed by atoms with Gasteiger partial charge in [-0.2, -0.15) is 0 Å². The van der Waals surface area contributed by atoms with Crippen LogP contribution < -0.4 is 5.56 Å². The predicted molar refractivity (Wildman–Crippen MR) is 111 cm³/mol. The molecule has 0 aliphatic heterocycles. The number of aromatic nitrogens is 2. The van der Waals surface area contributed by atoms with Gasteiger partial charge in [-0.25, -0.2) is 9.78 Å². The van der Waals surface area contributed by atoms with Crippen molar-refractivity contribution in [3.8, 4) is 0 Å². The molecule has 0 atom stereocenters. The Kier molecular flexibility index (Phi) is 5.72. The zero-order valence-corrected chi connectivity index (χ0v) is 17.7. The van der Waals surface area contributed by atoms with Gasteiger partial charge in [0.15, 0.2) is 5.16 Å². The van der Waals surface area contributed by atoms with Crippen LogP contribution in [0.1, 0.15) is 46.3 Å².